The highest BCUT2D eigenvalue weighted by molar-refractivity contribution is 5.94. The first-order valence-corrected chi connectivity index (χ1v) is 8.53. The zero-order chi connectivity index (χ0) is 16.9. The number of aromatic nitrogens is 1. The Hall–Kier alpha value is -2.21. The SMILES string of the molecule is CCCCOC1CN(C(=O)C=Cc2cnc3c(c2)CCC(=O)N3)C1. The first-order valence-electron chi connectivity index (χ1n) is 8.53. The fraction of sp³-hybridized carbons (Fsp3) is 0.500. The molecule has 1 fully saturated rings. The van der Waals surface area contributed by atoms with Gasteiger partial charge in [-0.05, 0) is 36.1 Å². The smallest absolute Gasteiger partial charge is 0.246 e. The third-order valence-electron chi connectivity index (χ3n) is 4.30. The molecule has 24 heavy (non-hydrogen) atoms. The van der Waals surface area contributed by atoms with E-state index in [1.807, 2.05) is 6.07 Å². The molecule has 128 valence electrons. The van der Waals surface area contributed by atoms with E-state index in [-0.39, 0.29) is 17.9 Å². The predicted octanol–water partition coefficient (Wildman–Crippen LogP) is 2.01. The van der Waals surface area contributed by atoms with Crippen molar-refractivity contribution in [3.8, 4) is 0 Å². The van der Waals surface area contributed by atoms with Gasteiger partial charge < -0.3 is 15.0 Å². The number of ether oxygens (including phenoxy) is 1. The first kappa shape index (κ1) is 16.6. The van der Waals surface area contributed by atoms with Crippen molar-refractivity contribution in [1.82, 2.24) is 9.88 Å². The number of nitrogens with one attached hydrogen (secondary N) is 1. The maximum absolute atomic E-state index is 12.1. The molecule has 1 aromatic heterocycles. The van der Waals surface area contributed by atoms with Gasteiger partial charge in [0.1, 0.15) is 5.82 Å². The van der Waals surface area contributed by atoms with Gasteiger partial charge in [0.2, 0.25) is 11.8 Å². The summed E-state index contributed by atoms with van der Waals surface area (Å²) >= 11 is 0. The van der Waals surface area contributed by atoms with E-state index in [9.17, 15) is 9.59 Å². The molecule has 0 radical (unpaired) electrons. The third kappa shape index (κ3) is 4.00. The minimum absolute atomic E-state index is 0.00182. The van der Waals surface area contributed by atoms with Crippen LogP contribution in [0.4, 0.5) is 5.82 Å². The van der Waals surface area contributed by atoms with Gasteiger partial charge in [-0.15, -0.1) is 0 Å². The van der Waals surface area contributed by atoms with Crippen molar-refractivity contribution < 1.29 is 14.3 Å². The van der Waals surface area contributed by atoms with E-state index in [4.69, 9.17) is 4.74 Å². The molecule has 1 N–H and O–H groups in total. The lowest BCUT2D eigenvalue weighted by molar-refractivity contribution is -0.139. The van der Waals surface area contributed by atoms with E-state index in [1.54, 1.807) is 23.2 Å². The van der Waals surface area contributed by atoms with Crippen LogP contribution < -0.4 is 5.32 Å². The molecule has 0 bridgehead atoms. The molecule has 3 rings (SSSR count). The van der Waals surface area contributed by atoms with Crippen LogP contribution in [-0.2, 0) is 20.7 Å². The number of amides is 2. The van der Waals surface area contributed by atoms with Crippen LogP contribution in [0.25, 0.3) is 6.08 Å². The Morgan fingerprint density at radius 1 is 1.46 bits per heavy atom. The number of aryl methyl sites for hydroxylation is 1. The summed E-state index contributed by atoms with van der Waals surface area (Å²) in [7, 11) is 0. The Balaban J connectivity index is 1.50. The van der Waals surface area contributed by atoms with Crippen molar-refractivity contribution in [2.24, 2.45) is 0 Å². The number of likely N-dealkylation sites (tertiary alicyclic amines) is 1. The number of carbonyl (C=O) groups is 2. The minimum Gasteiger partial charge on any atom is -0.375 e. The van der Waals surface area contributed by atoms with Gasteiger partial charge in [-0.1, -0.05) is 13.3 Å². The van der Waals surface area contributed by atoms with Gasteiger partial charge in [-0.25, -0.2) is 4.98 Å². The summed E-state index contributed by atoms with van der Waals surface area (Å²) in [5, 5.41) is 2.75. The fourth-order valence-corrected chi connectivity index (χ4v) is 2.76. The zero-order valence-electron chi connectivity index (χ0n) is 14.0. The molecule has 2 aliphatic heterocycles. The molecule has 2 amide bonds. The molecule has 1 saturated heterocycles. The lowest BCUT2D eigenvalue weighted by Gasteiger charge is -2.38. The topological polar surface area (TPSA) is 71.5 Å². The molecule has 0 aliphatic carbocycles. The van der Waals surface area contributed by atoms with Crippen molar-refractivity contribution in [1.29, 1.82) is 0 Å². The molecule has 0 spiro atoms. The summed E-state index contributed by atoms with van der Waals surface area (Å²) in [5.41, 5.74) is 1.88. The Kier molecular flexibility index (Phi) is 5.25. The van der Waals surface area contributed by atoms with Crippen molar-refractivity contribution in [2.75, 3.05) is 25.0 Å². The van der Waals surface area contributed by atoms with Crippen LogP contribution in [0.5, 0.6) is 0 Å². The number of unbranched alkanes of at least 4 members (excludes halogenated alkanes) is 1. The van der Waals surface area contributed by atoms with Gasteiger partial charge in [-0.2, -0.15) is 0 Å². The summed E-state index contributed by atoms with van der Waals surface area (Å²) in [6.07, 6.45) is 8.56. The van der Waals surface area contributed by atoms with Gasteiger partial charge in [-0.3, -0.25) is 9.59 Å². The second kappa shape index (κ2) is 7.57. The van der Waals surface area contributed by atoms with Gasteiger partial charge in [0, 0.05) is 38.4 Å². The Labute approximate surface area is 141 Å². The summed E-state index contributed by atoms with van der Waals surface area (Å²) in [5.74, 6) is 0.628. The quantitative estimate of drug-likeness (QED) is 0.640. The molecule has 1 aromatic rings. The summed E-state index contributed by atoms with van der Waals surface area (Å²) < 4.78 is 5.67. The second-order valence-corrected chi connectivity index (χ2v) is 6.25. The molecule has 2 aliphatic rings. The molecule has 3 heterocycles. The van der Waals surface area contributed by atoms with Crippen LogP contribution in [0.15, 0.2) is 18.3 Å². The van der Waals surface area contributed by atoms with Crippen molar-refractivity contribution in [3.05, 3.63) is 29.5 Å². The summed E-state index contributed by atoms with van der Waals surface area (Å²) in [4.78, 5) is 29.5. The van der Waals surface area contributed by atoms with E-state index < -0.39 is 0 Å². The molecule has 0 unspecified atom stereocenters. The highest BCUT2D eigenvalue weighted by atomic mass is 16.5. The normalized spacial score (nSPS) is 17.5. The van der Waals surface area contributed by atoms with E-state index in [0.717, 1.165) is 30.6 Å². The zero-order valence-corrected chi connectivity index (χ0v) is 14.0. The monoisotopic (exact) mass is 329 g/mol. The highest BCUT2D eigenvalue weighted by Gasteiger charge is 2.29. The third-order valence-corrected chi connectivity index (χ3v) is 4.30. The average molecular weight is 329 g/mol. The van der Waals surface area contributed by atoms with Crippen LogP contribution in [0, 0.1) is 0 Å². The number of hydrogen-bond donors (Lipinski definition) is 1. The molecule has 0 atom stereocenters. The van der Waals surface area contributed by atoms with Crippen LogP contribution in [0.2, 0.25) is 0 Å². The highest BCUT2D eigenvalue weighted by Crippen LogP contribution is 2.21. The summed E-state index contributed by atoms with van der Waals surface area (Å²) in [6, 6.07) is 1.97. The van der Waals surface area contributed by atoms with Gasteiger partial charge in [0.25, 0.3) is 0 Å². The average Bonchev–Trinajstić information content (AvgIpc) is 2.54. The lowest BCUT2D eigenvalue weighted by atomic mass is 10.0. The molecular weight excluding hydrogens is 306 g/mol. The molecule has 6 heteroatoms. The van der Waals surface area contributed by atoms with Crippen molar-refractivity contribution in [3.63, 3.8) is 0 Å². The van der Waals surface area contributed by atoms with Gasteiger partial charge in [0.15, 0.2) is 0 Å². The van der Waals surface area contributed by atoms with Gasteiger partial charge >= 0.3 is 0 Å². The molecule has 0 aromatic carbocycles. The largest absolute Gasteiger partial charge is 0.375 e. The number of fused-ring (bicyclic) bond motifs is 1. The minimum atomic E-state index is -0.00337. The molecular formula is C18H23N3O3. The van der Waals surface area contributed by atoms with Crippen molar-refractivity contribution >= 4 is 23.7 Å². The maximum Gasteiger partial charge on any atom is 0.246 e. The Bertz CT molecular complexity index is 651. The van der Waals surface area contributed by atoms with E-state index in [2.05, 4.69) is 17.2 Å². The molecule has 6 nitrogen and oxygen atoms in total. The molecule has 0 saturated carbocycles. The van der Waals surface area contributed by atoms with E-state index in [1.165, 1.54) is 0 Å². The lowest BCUT2D eigenvalue weighted by Crippen LogP contribution is -2.54. The fourth-order valence-electron chi connectivity index (χ4n) is 2.76. The maximum atomic E-state index is 12.1. The second-order valence-electron chi connectivity index (χ2n) is 6.25. The van der Waals surface area contributed by atoms with E-state index >= 15 is 0 Å². The van der Waals surface area contributed by atoms with E-state index in [0.29, 0.717) is 31.7 Å². The van der Waals surface area contributed by atoms with Crippen LogP contribution in [0.3, 0.4) is 0 Å². The number of carbonyl (C=O) groups excluding carboxylic acids is 2. The van der Waals surface area contributed by atoms with Crippen LogP contribution in [-0.4, -0.2) is 47.5 Å². The van der Waals surface area contributed by atoms with Crippen molar-refractivity contribution in [2.45, 2.75) is 38.7 Å². The summed E-state index contributed by atoms with van der Waals surface area (Å²) in [6.45, 7) is 4.24. The standard InChI is InChI=1S/C18H23N3O3/c1-2-3-8-24-15-11-21(12-15)17(23)7-4-13-9-14-5-6-16(22)20-18(14)19-10-13/h4,7,9-10,15H,2-3,5-6,8,11-12H2,1H3,(H,19,20,22). The predicted molar refractivity (Wildman–Crippen MR) is 91.4 cm³/mol. The Morgan fingerprint density at radius 2 is 2.29 bits per heavy atom. The number of anilines is 1. The number of hydrogen-bond acceptors (Lipinski definition) is 4. The Morgan fingerprint density at radius 3 is 3.08 bits per heavy atom. The van der Waals surface area contributed by atoms with Crippen LogP contribution >= 0.6 is 0 Å². The number of rotatable bonds is 6. The first-order chi connectivity index (χ1) is 11.7. The van der Waals surface area contributed by atoms with Gasteiger partial charge in [0.05, 0.1) is 6.10 Å². The number of nitrogens with zero attached hydrogens (tertiary/aromatic N) is 2. The number of pyridine rings is 1. The van der Waals surface area contributed by atoms with Crippen LogP contribution in [0.1, 0.15) is 37.3 Å².